The summed E-state index contributed by atoms with van der Waals surface area (Å²) in [6, 6.07) is 7.50. The summed E-state index contributed by atoms with van der Waals surface area (Å²) in [7, 11) is 2.15. The summed E-state index contributed by atoms with van der Waals surface area (Å²) in [5.41, 5.74) is 1.77. The first-order valence-electron chi connectivity index (χ1n) is 7.53. The van der Waals surface area contributed by atoms with Gasteiger partial charge in [0.25, 0.3) is 0 Å². The second-order valence-corrected chi connectivity index (χ2v) is 6.08. The van der Waals surface area contributed by atoms with Gasteiger partial charge in [0.2, 0.25) is 0 Å². The van der Waals surface area contributed by atoms with Crippen molar-refractivity contribution in [2.75, 3.05) is 13.6 Å². The standard InChI is InChI=1S/C16H17ClN4O/c1-20-10-3-2-6-14(20)21-15-11(5-4-9-18-15)19-16(21)12-7-8-13(17)22-12/h4-5,7-9,14H,2-3,6,10H2,1H3. The zero-order valence-electron chi connectivity index (χ0n) is 12.4. The van der Waals surface area contributed by atoms with Gasteiger partial charge in [0.05, 0.1) is 6.17 Å². The number of furan rings is 1. The number of rotatable bonds is 2. The molecule has 0 spiro atoms. The van der Waals surface area contributed by atoms with Crippen LogP contribution in [0.3, 0.4) is 0 Å². The second kappa shape index (κ2) is 5.41. The Labute approximate surface area is 133 Å². The van der Waals surface area contributed by atoms with E-state index in [0.29, 0.717) is 11.0 Å². The van der Waals surface area contributed by atoms with Crippen LogP contribution >= 0.6 is 11.6 Å². The molecule has 4 rings (SSSR count). The second-order valence-electron chi connectivity index (χ2n) is 5.71. The molecule has 3 aromatic heterocycles. The molecular formula is C16H17ClN4O. The molecule has 1 atom stereocenters. The number of aromatic nitrogens is 3. The van der Waals surface area contributed by atoms with Crippen LogP contribution in [-0.2, 0) is 0 Å². The SMILES string of the molecule is CN1CCCCC1n1c(-c2ccc(Cl)o2)nc2cccnc21. The summed E-state index contributed by atoms with van der Waals surface area (Å²) in [6.45, 7) is 1.08. The van der Waals surface area contributed by atoms with Crippen molar-refractivity contribution >= 4 is 22.8 Å². The van der Waals surface area contributed by atoms with E-state index in [-0.39, 0.29) is 6.17 Å². The minimum absolute atomic E-state index is 0.243. The summed E-state index contributed by atoms with van der Waals surface area (Å²) in [4.78, 5) is 11.6. The van der Waals surface area contributed by atoms with Gasteiger partial charge in [0.15, 0.2) is 22.5 Å². The van der Waals surface area contributed by atoms with Crippen molar-refractivity contribution in [2.24, 2.45) is 0 Å². The Morgan fingerprint density at radius 3 is 2.95 bits per heavy atom. The van der Waals surface area contributed by atoms with E-state index in [2.05, 4.69) is 21.5 Å². The quantitative estimate of drug-likeness (QED) is 0.718. The molecule has 0 aliphatic carbocycles. The molecule has 0 bridgehead atoms. The van der Waals surface area contributed by atoms with Crippen molar-refractivity contribution in [3.05, 3.63) is 35.7 Å². The Bertz CT molecular complexity index is 809. The fourth-order valence-electron chi connectivity index (χ4n) is 3.20. The molecule has 1 unspecified atom stereocenters. The van der Waals surface area contributed by atoms with Gasteiger partial charge in [-0.05, 0) is 68.7 Å². The first-order valence-corrected chi connectivity index (χ1v) is 7.91. The normalized spacial score (nSPS) is 19.8. The lowest BCUT2D eigenvalue weighted by molar-refractivity contribution is 0.131. The van der Waals surface area contributed by atoms with Crippen molar-refractivity contribution in [3.63, 3.8) is 0 Å². The predicted octanol–water partition coefficient (Wildman–Crippen LogP) is 3.96. The number of piperidine rings is 1. The van der Waals surface area contributed by atoms with Crippen molar-refractivity contribution in [2.45, 2.75) is 25.4 Å². The van der Waals surface area contributed by atoms with Crippen LogP contribution in [0.4, 0.5) is 0 Å². The lowest BCUT2D eigenvalue weighted by Gasteiger charge is -2.34. The topological polar surface area (TPSA) is 47.1 Å². The van der Waals surface area contributed by atoms with Gasteiger partial charge < -0.3 is 4.42 Å². The highest BCUT2D eigenvalue weighted by atomic mass is 35.5. The third-order valence-electron chi connectivity index (χ3n) is 4.27. The first kappa shape index (κ1) is 13.8. The van der Waals surface area contributed by atoms with Gasteiger partial charge in [0.1, 0.15) is 5.52 Å². The maximum atomic E-state index is 5.95. The Morgan fingerprint density at radius 1 is 1.27 bits per heavy atom. The van der Waals surface area contributed by atoms with Crippen molar-refractivity contribution in [1.29, 1.82) is 0 Å². The molecule has 0 amide bonds. The molecule has 0 N–H and O–H groups in total. The summed E-state index contributed by atoms with van der Waals surface area (Å²) in [6.07, 6.45) is 5.57. The van der Waals surface area contributed by atoms with E-state index in [1.54, 1.807) is 6.07 Å². The van der Waals surface area contributed by atoms with Gasteiger partial charge in [-0.15, -0.1) is 0 Å². The molecule has 6 heteroatoms. The highest BCUT2D eigenvalue weighted by molar-refractivity contribution is 6.28. The molecule has 4 heterocycles. The van der Waals surface area contributed by atoms with Gasteiger partial charge in [-0.25, -0.2) is 9.97 Å². The van der Waals surface area contributed by atoms with Crippen LogP contribution in [0.15, 0.2) is 34.9 Å². The molecular weight excluding hydrogens is 300 g/mol. The highest BCUT2D eigenvalue weighted by Crippen LogP contribution is 2.34. The molecule has 5 nitrogen and oxygen atoms in total. The van der Waals surface area contributed by atoms with Crippen molar-refractivity contribution < 1.29 is 4.42 Å². The smallest absolute Gasteiger partial charge is 0.194 e. The molecule has 3 aromatic rings. The van der Waals surface area contributed by atoms with E-state index >= 15 is 0 Å². The zero-order chi connectivity index (χ0) is 15.1. The molecule has 22 heavy (non-hydrogen) atoms. The Kier molecular flexibility index (Phi) is 3.39. The summed E-state index contributed by atoms with van der Waals surface area (Å²) >= 11 is 5.95. The van der Waals surface area contributed by atoms with Gasteiger partial charge >= 0.3 is 0 Å². The van der Waals surface area contributed by atoms with Gasteiger partial charge in [0, 0.05) is 6.20 Å². The summed E-state index contributed by atoms with van der Waals surface area (Å²) in [5, 5.41) is 0.374. The number of likely N-dealkylation sites (tertiary alicyclic amines) is 1. The molecule has 1 saturated heterocycles. The van der Waals surface area contributed by atoms with E-state index in [1.165, 1.54) is 12.8 Å². The van der Waals surface area contributed by atoms with Crippen LogP contribution in [0, 0.1) is 0 Å². The number of hydrogen-bond acceptors (Lipinski definition) is 4. The minimum Gasteiger partial charge on any atom is -0.441 e. The fraction of sp³-hybridized carbons (Fsp3) is 0.375. The lowest BCUT2D eigenvalue weighted by Crippen LogP contribution is -2.34. The monoisotopic (exact) mass is 316 g/mol. The number of halogens is 1. The van der Waals surface area contributed by atoms with Crippen LogP contribution in [0.5, 0.6) is 0 Å². The van der Waals surface area contributed by atoms with Crippen LogP contribution in [-0.4, -0.2) is 33.0 Å². The molecule has 114 valence electrons. The lowest BCUT2D eigenvalue weighted by atomic mass is 10.1. The number of pyridine rings is 1. The highest BCUT2D eigenvalue weighted by Gasteiger charge is 2.27. The van der Waals surface area contributed by atoms with Crippen molar-refractivity contribution in [3.8, 4) is 11.6 Å². The number of nitrogens with zero attached hydrogens (tertiary/aromatic N) is 4. The van der Waals surface area contributed by atoms with E-state index < -0.39 is 0 Å². The molecule has 1 aliphatic heterocycles. The largest absolute Gasteiger partial charge is 0.441 e. The summed E-state index contributed by atoms with van der Waals surface area (Å²) < 4.78 is 7.79. The minimum atomic E-state index is 0.243. The van der Waals surface area contributed by atoms with Gasteiger partial charge in [-0.3, -0.25) is 9.47 Å². The third kappa shape index (κ3) is 2.21. The zero-order valence-corrected chi connectivity index (χ0v) is 13.1. The Morgan fingerprint density at radius 2 is 2.18 bits per heavy atom. The average molecular weight is 317 g/mol. The Balaban J connectivity index is 1.93. The van der Waals surface area contributed by atoms with Crippen LogP contribution < -0.4 is 0 Å². The maximum absolute atomic E-state index is 5.95. The Hall–Kier alpha value is -1.85. The van der Waals surface area contributed by atoms with E-state index in [1.807, 2.05) is 24.4 Å². The van der Waals surface area contributed by atoms with E-state index in [9.17, 15) is 0 Å². The number of imidazole rings is 1. The maximum Gasteiger partial charge on any atom is 0.194 e. The third-order valence-corrected chi connectivity index (χ3v) is 4.48. The number of fused-ring (bicyclic) bond motifs is 1. The molecule has 0 saturated carbocycles. The number of hydrogen-bond donors (Lipinski definition) is 0. The van der Waals surface area contributed by atoms with E-state index in [0.717, 1.165) is 30.0 Å². The molecule has 0 aromatic carbocycles. The van der Waals surface area contributed by atoms with E-state index in [4.69, 9.17) is 21.0 Å². The summed E-state index contributed by atoms with van der Waals surface area (Å²) in [5.74, 6) is 1.47. The van der Waals surface area contributed by atoms with Gasteiger partial charge in [-0.1, -0.05) is 0 Å². The van der Waals surface area contributed by atoms with Crippen LogP contribution in [0.25, 0.3) is 22.7 Å². The predicted molar refractivity (Wildman–Crippen MR) is 85.8 cm³/mol. The molecule has 0 radical (unpaired) electrons. The first-order chi connectivity index (χ1) is 10.7. The van der Waals surface area contributed by atoms with Gasteiger partial charge in [-0.2, -0.15) is 0 Å². The molecule has 1 fully saturated rings. The molecule has 1 aliphatic rings. The fourth-order valence-corrected chi connectivity index (χ4v) is 3.35. The van der Waals surface area contributed by atoms with Crippen molar-refractivity contribution in [1.82, 2.24) is 19.4 Å². The van der Waals surface area contributed by atoms with Crippen LogP contribution in [0.1, 0.15) is 25.4 Å². The average Bonchev–Trinajstić information content (AvgIpc) is 3.11. The van der Waals surface area contributed by atoms with Crippen LogP contribution in [0.2, 0.25) is 5.22 Å².